The van der Waals surface area contributed by atoms with Gasteiger partial charge in [-0.25, -0.2) is 0 Å². The number of likely N-dealkylation sites (N-methyl/N-ethyl adjacent to an activating group) is 1. The molecule has 0 N–H and O–H groups in total. The summed E-state index contributed by atoms with van der Waals surface area (Å²) in [6.45, 7) is 5.24. The van der Waals surface area contributed by atoms with Crippen LogP contribution in [0.2, 0.25) is 0 Å². The molecule has 0 amide bonds. The highest BCUT2D eigenvalue weighted by Gasteiger charge is 2.33. The molecule has 1 aliphatic carbocycles. The minimum absolute atomic E-state index is 0.0784. The zero-order valence-electron chi connectivity index (χ0n) is 17.2. The smallest absolute Gasteiger partial charge is 0.311 e. The maximum absolute atomic E-state index is 11.6. The van der Waals surface area contributed by atoms with E-state index in [4.69, 9.17) is 14.2 Å². The molecule has 1 fully saturated rings. The van der Waals surface area contributed by atoms with E-state index in [1.165, 1.54) is 13.0 Å². The average molecular weight is 376 g/mol. The predicted octanol–water partition coefficient (Wildman–Crippen LogP) is 4.28. The lowest BCUT2D eigenvalue weighted by atomic mass is 9.89. The first-order valence-corrected chi connectivity index (χ1v) is 9.73. The summed E-state index contributed by atoms with van der Waals surface area (Å²) >= 11 is 0. The van der Waals surface area contributed by atoms with Crippen LogP contribution < -0.4 is 9.47 Å². The normalized spacial score (nSPS) is 21.6. The monoisotopic (exact) mass is 375 g/mol. The number of rotatable bonds is 5. The van der Waals surface area contributed by atoms with Crippen LogP contribution >= 0.6 is 0 Å². The Labute approximate surface area is 163 Å². The van der Waals surface area contributed by atoms with E-state index >= 15 is 0 Å². The van der Waals surface area contributed by atoms with Gasteiger partial charge in [0.1, 0.15) is 5.76 Å². The van der Waals surface area contributed by atoms with Crippen molar-refractivity contribution < 1.29 is 19.0 Å². The van der Waals surface area contributed by atoms with Crippen molar-refractivity contribution in [3.05, 3.63) is 36.1 Å². The maximum Gasteiger partial charge on any atom is 0.311 e. The van der Waals surface area contributed by atoms with E-state index in [2.05, 4.69) is 18.0 Å². The number of fused-ring (bicyclic) bond motifs is 1. The molecule has 2 unspecified atom stereocenters. The lowest BCUT2D eigenvalue weighted by Crippen LogP contribution is -2.30. The molecule has 5 nitrogen and oxygen atoms in total. The van der Waals surface area contributed by atoms with Crippen molar-refractivity contribution >= 4 is 5.97 Å². The number of carbonyl (C=O) groups excluding carboxylic acids is 1. The van der Waals surface area contributed by atoms with Gasteiger partial charge in [0.2, 0.25) is 0 Å². The van der Waals surface area contributed by atoms with Gasteiger partial charge in [-0.3, -0.25) is 9.69 Å². The largest absolute Gasteiger partial charge is 0.493 e. The molecule has 0 saturated carbocycles. The number of allylic oxidation sites excluding steroid dienone is 1. The van der Waals surface area contributed by atoms with Crippen LogP contribution in [0.1, 0.15) is 39.5 Å². The Morgan fingerprint density at radius 3 is 2.33 bits per heavy atom. The quantitative estimate of drug-likeness (QED) is 0.719. The van der Waals surface area contributed by atoms with Gasteiger partial charge in [-0.1, -0.05) is 26.0 Å². The maximum atomic E-state index is 11.6. The van der Waals surface area contributed by atoms with Crippen LogP contribution in [0.4, 0.5) is 0 Å². The highest BCUT2D eigenvalue weighted by Crippen LogP contribution is 2.34. The molecule has 27 heavy (non-hydrogen) atoms. The molecule has 2 atom stereocenters. The lowest BCUT2D eigenvalue weighted by molar-refractivity contribution is -0.140. The van der Waals surface area contributed by atoms with Gasteiger partial charge in [0.25, 0.3) is 0 Å². The summed E-state index contributed by atoms with van der Waals surface area (Å²) in [5.41, 5.74) is 0. The number of nitrogens with zero attached hydrogens (tertiary/aromatic N) is 1. The van der Waals surface area contributed by atoms with Gasteiger partial charge >= 0.3 is 5.97 Å². The zero-order chi connectivity index (χ0) is 19.8. The molecule has 0 aromatic heterocycles. The summed E-state index contributed by atoms with van der Waals surface area (Å²) in [5.74, 6) is 3.49. The first-order valence-electron chi connectivity index (χ1n) is 9.73. The Hall–Kier alpha value is -2.01. The topological polar surface area (TPSA) is 48.0 Å². The van der Waals surface area contributed by atoms with Crippen molar-refractivity contribution in [1.82, 2.24) is 4.90 Å². The van der Waals surface area contributed by atoms with Crippen LogP contribution in [0, 0.1) is 11.8 Å². The molecule has 0 spiro atoms. The summed E-state index contributed by atoms with van der Waals surface area (Å²) in [7, 11) is 5.40. The molecule has 1 heterocycles. The number of carbonyl (C=O) groups is 1. The highest BCUT2D eigenvalue weighted by atomic mass is 16.5. The minimum Gasteiger partial charge on any atom is -0.493 e. The molecule has 2 aliphatic rings. The van der Waals surface area contributed by atoms with Crippen molar-refractivity contribution in [1.29, 1.82) is 0 Å². The van der Waals surface area contributed by atoms with Crippen LogP contribution in [-0.2, 0) is 9.53 Å². The van der Waals surface area contributed by atoms with Crippen molar-refractivity contribution in [3.8, 4) is 11.5 Å². The standard InChI is InChI=1S/C14H23NO2.C8H10O2/c1-10(2)8-14(16)17-12-5-4-11-6-7-15(3)13(11)9-12;1-9-7-5-3-4-6-8(7)10-2/h9-11,13H,4-8H2,1-3H3;3-6H,1-2H3. The molecule has 1 aliphatic heterocycles. The summed E-state index contributed by atoms with van der Waals surface area (Å²) in [4.78, 5) is 14.0. The van der Waals surface area contributed by atoms with Crippen LogP contribution in [0.25, 0.3) is 0 Å². The van der Waals surface area contributed by atoms with E-state index in [1.54, 1.807) is 14.2 Å². The van der Waals surface area contributed by atoms with Crippen molar-refractivity contribution in [2.45, 2.75) is 45.6 Å². The SMILES string of the molecule is CC(C)CC(=O)OC1=CC2C(CC1)CCN2C.COc1ccccc1OC. The molecule has 5 heteroatoms. The van der Waals surface area contributed by atoms with Gasteiger partial charge < -0.3 is 14.2 Å². The molecule has 0 radical (unpaired) electrons. The molecule has 0 bridgehead atoms. The van der Waals surface area contributed by atoms with E-state index in [1.807, 2.05) is 38.1 Å². The molecule has 3 rings (SSSR count). The number of para-hydroxylation sites is 2. The number of ether oxygens (including phenoxy) is 3. The number of likely N-dealkylation sites (tertiary alicyclic amines) is 1. The second kappa shape index (κ2) is 10.4. The zero-order valence-corrected chi connectivity index (χ0v) is 17.2. The Morgan fingerprint density at radius 1 is 1.15 bits per heavy atom. The second-order valence-corrected chi connectivity index (χ2v) is 7.62. The first-order chi connectivity index (χ1) is 12.9. The van der Waals surface area contributed by atoms with E-state index in [0.29, 0.717) is 18.4 Å². The third kappa shape index (κ3) is 6.28. The Bertz CT molecular complexity index is 618. The first kappa shape index (κ1) is 21.3. The Morgan fingerprint density at radius 2 is 1.78 bits per heavy atom. The van der Waals surface area contributed by atoms with Gasteiger partial charge in [-0.2, -0.15) is 0 Å². The van der Waals surface area contributed by atoms with Gasteiger partial charge in [0.05, 0.1) is 14.2 Å². The average Bonchev–Trinajstić information content (AvgIpc) is 3.02. The fourth-order valence-corrected chi connectivity index (χ4v) is 3.62. The summed E-state index contributed by atoms with van der Waals surface area (Å²) < 4.78 is 15.5. The number of esters is 1. The summed E-state index contributed by atoms with van der Waals surface area (Å²) in [6.07, 6.45) is 6.06. The van der Waals surface area contributed by atoms with Gasteiger partial charge in [0, 0.05) is 18.9 Å². The number of methoxy groups -OCH3 is 2. The number of benzene rings is 1. The van der Waals surface area contributed by atoms with Gasteiger partial charge in [-0.15, -0.1) is 0 Å². The highest BCUT2D eigenvalue weighted by molar-refractivity contribution is 5.70. The van der Waals surface area contributed by atoms with Gasteiger partial charge in [0.15, 0.2) is 11.5 Å². The number of hydrogen-bond donors (Lipinski definition) is 0. The van der Waals surface area contributed by atoms with E-state index in [0.717, 1.165) is 36.0 Å². The molecular formula is C22H33NO4. The van der Waals surface area contributed by atoms with Crippen molar-refractivity contribution in [3.63, 3.8) is 0 Å². The Kier molecular flexibility index (Phi) is 8.17. The predicted molar refractivity (Wildman–Crippen MR) is 107 cm³/mol. The third-order valence-corrected chi connectivity index (χ3v) is 5.07. The van der Waals surface area contributed by atoms with Crippen molar-refractivity contribution in [2.75, 3.05) is 27.8 Å². The molecular weight excluding hydrogens is 342 g/mol. The third-order valence-electron chi connectivity index (χ3n) is 5.07. The molecule has 1 aromatic carbocycles. The minimum atomic E-state index is -0.0784. The second-order valence-electron chi connectivity index (χ2n) is 7.62. The van der Waals surface area contributed by atoms with E-state index in [9.17, 15) is 4.79 Å². The lowest BCUT2D eigenvalue weighted by Gasteiger charge is -2.27. The summed E-state index contributed by atoms with van der Waals surface area (Å²) in [6, 6.07) is 8.02. The fourth-order valence-electron chi connectivity index (χ4n) is 3.62. The van der Waals surface area contributed by atoms with E-state index < -0.39 is 0 Å². The summed E-state index contributed by atoms with van der Waals surface area (Å²) in [5, 5.41) is 0. The molecule has 150 valence electrons. The fraction of sp³-hybridized carbons (Fsp3) is 0.591. The Balaban J connectivity index is 0.000000223. The molecule has 1 saturated heterocycles. The van der Waals surface area contributed by atoms with Crippen molar-refractivity contribution in [2.24, 2.45) is 11.8 Å². The molecule has 1 aromatic rings. The van der Waals surface area contributed by atoms with Crippen LogP contribution in [0.15, 0.2) is 36.1 Å². The van der Waals surface area contributed by atoms with Crippen LogP contribution in [0.5, 0.6) is 11.5 Å². The van der Waals surface area contributed by atoms with Gasteiger partial charge in [-0.05, 0) is 56.5 Å². The van der Waals surface area contributed by atoms with Crippen LogP contribution in [-0.4, -0.2) is 44.7 Å². The number of hydrogen-bond acceptors (Lipinski definition) is 5. The van der Waals surface area contributed by atoms with E-state index in [-0.39, 0.29) is 5.97 Å². The van der Waals surface area contributed by atoms with Crippen LogP contribution in [0.3, 0.4) is 0 Å².